The second kappa shape index (κ2) is 40.1. The molecule has 0 aromatic rings. The van der Waals surface area contributed by atoms with Gasteiger partial charge in [-0.2, -0.15) is 0 Å². The summed E-state index contributed by atoms with van der Waals surface area (Å²) in [5, 5.41) is 9.62. The van der Waals surface area contributed by atoms with Gasteiger partial charge in [-0.05, 0) is 70.6 Å². The van der Waals surface area contributed by atoms with E-state index in [1.54, 1.807) is 0 Å². The number of carboxylic acids is 1. The van der Waals surface area contributed by atoms with Crippen molar-refractivity contribution in [2.24, 2.45) is 0 Å². The first-order valence-electron chi connectivity index (χ1n) is 23.2. The van der Waals surface area contributed by atoms with Gasteiger partial charge in [0, 0.05) is 19.3 Å². The third-order valence-corrected chi connectivity index (χ3v) is 10.2. The number of hydrogen-bond acceptors (Lipinski definition) is 6. The number of ether oxygens (including phenoxy) is 3. The van der Waals surface area contributed by atoms with Crippen LogP contribution in [0.1, 0.15) is 194 Å². The Morgan fingerprint density at radius 2 is 0.947 bits per heavy atom. The maximum Gasteiger partial charge on any atom is 0.362 e. The molecule has 0 aromatic carbocycles. The molecule has 2 unspecified atom stereocenters. The SMILES string of the molecule is CCCC/C=C/CCCCCCCC(=O)OC(COCCC(C(=O)O)[N+](C)(C)C)COC(=O)CCCCCCCCCCC/C=C/C/C=C/C/C=C/CCCCC. The largest absolute Gasteiger partial charge is 0.477 e. The van der Waals surface area contributed by atoms with Gasteiger partial charge in [0.25, 0.3) is 0 Å². The molecule has 0 saturated heterocycles. The Balaban J connectivity index is 4.24. The average molecular weight is 803 g/mol. The number of likely N-dealkylation sites (N-methyl/N-ethyl adjacent to an activating group) is 1. The number of allylic oxidation sites excluding steroid dienone is 8. The number of carboxylic acid groups (broad SMARTS) is 1. The van der Waals surface area contributed by atoms with Crippen LogP contribution in [0.2, 0.25) is 0 Å². The summed E-state index contributed by atoms with van der Waals surface area (Å²) in [4.78, 5) is 37.0. The highest BCUT2D eigenvalue weighted by atomic mass is 16.6. The van der Waals surface area contributed by atoms with Crippen LogP contribution < -0.4 is 0 Å². The topological polar surface area (TPSA) is 99.1 Å². The van der Waals surface area contributed by atoms with Crippen molar-refractivity contribution in [2.75, 3.05) is 41.0 Å². The van der Waals surface area contributed by atoms with Crippen molar-refractivity contribution < 1.29 is 38.2 Å². The first-order valence-corrected chi connectivity index (χ1v) is 23.2. The van der Waals surface area contributed by atoms with E-state index in [4.69, 9.17) is 14.2 Å². The zero-order valence-corrected chi connectivity index (χ0v) is 37.5. The van der Waals surface area contributed by atoms with E-state index in [1.165, 1.54) is 96.3 Å². The molecule has 0 heterocycles. The fraction of sp³-hybridized carbons (Fsp3) is 0.776. The van der Waals surface area contributed by atoms with Crippen molar-refractivity contribution in [3.8, 4) is 0 Å². The number of quaternary nitrogens is 1. The van der Waals surface area contributed by atoms with Gasteiger partial charge in [0.2, 0.25) is 0 Å². The minimum atomic E-state index is -0.878. The average Bonchev–Trinajstić information content (AvgIpc) is 3.17. The lowest BCUT2D eigenvalue weighted by Crippen LogP contribution is -2.50. The summed E-state index contributed by atoms with van der Waals surface area (Å²) in [7, 11) is 5.52. The van der Waals surface area contributed by atoms with Crippen LogP contribution in [0.5, 0.6) is 0 Å². The molecule has 0 spiro atoms. The molecular weight excluding hydrogens is 715 g/mol. The van der Waals surface area contributed by atoms with Gasteiger partial charge in [-0.15, -0.1) is 0 Å². The molecule has 1 N–H and O–H groups in total. The number of esters is 2. The number of hydrogen-bond donors (Lipinski definition) is 1. The van der Waals surface area contributed by atoms with Crippen LogP contribution in [0.3, 0.4) is 0 Å². The Bertz CT molecular complexity index is 1070. The molecule has 0 radical (unpaired) electrons. The molecule has 0 aliphatic heterocycles. The van der Waals surface area contributed by atoms with Gasteiger partial charge in [0.05, 0.1) is 34.4 Å². The lowest BCUT2D eigenvalue weighted by atomic mass is 10.1. The second-order valence-electron chi connectivity index (χ2n) is 16.7. The number of aliphatic carboxylic acids is 1. The first kappa shape index (κ1) is 54.3. The lowest BCUT2D eigenvalue weighted by Gasteiger charge is -2.31. The van der Waals surface area contributed by atoms with Crippen LogP contribution in [0, 0.1) is 0 Å². The van der Waals surface area contributed by atoms with Crippen molar-refractivity contribution in [3.63, 3.8) is 0 Å². The van der Waals surface area contributed by atoms with Gasteiger partial charge in [0.15, 0.2) is 12.1 Å². The van der Waals surface area contributed by atoms with E-state index in [0.717, 1.165) is 64.2 Å². The number of carbonyl (C=O) groups excluding carboxylic acids is 2. The molecule has 0 bridgehead atoms. The van der Waals surface area contributed by atoms with Gasteiger partial charge < -0.3 is 23.8 Å². The number of carbonyl (C=O) groups is 3. The van der Waals surface area contributed by atoms with Crippen molar-refractivity contribution in [1.82, 2.24) is 0 Å². The van der Waals surface area contributed by atoms with Gasteiger partial charge >= 0.3 is 17.9 Å². The number of nitrogens with zero attached hydrogens (tertiary/aromatic N) is 1. The van der Waals surface area contributed by atoms with Crippen molar-refractivity contribution in [2.45, 2.75) is 206 Å². The maximum absolute atomic E-state index is 12.7. The van der Waals surface area contributed by atoms with Crippen molar-refractivity contribution >= 4 is 17.9 Å². The lowest BCUT2D eigenvalue weighted by molar-refractivity contribution is -0.887. The Hall–Kier alpha value is -2.71. The van der Waals surface area contributed by atoms with Gasteiger partial charge in [-0.25, -0.2) is 4.79 Å². The highest BCUT2D eigenvalue weighted by Crippen LogP contribution is 2.14. The predicted octanol–water partition coefficient (Wildman–Crippen LogP) is 12.8. The fourth-order valence-electron chi connectivity index (χ4n) is 6.55. The van der Waals surface area contributed by atoms with E-state index in [0.29, 0.717) is 19.3 Å². The molecule has 8 nitrogen and oxygen atoms in total. The normalized spacial score (nSPS) is 13.4. The Labute approximate surface area is 350 Å². The summed E-state index contributed by atoms with van der Waals surface area (Å²) >= 11 is 0. The summed E-state index contributed by atoms with van der Waals surface area (Å²) in [6.07, 6.45) is 47.3. The van der Waals surface area contributed by atoms with Crippen molar-refractivity contribution in [1.29, 1.82) is 0 Å². The molecule has 0 saturated carbocycles. The minimum Gasteiger partial charge on any atom is -0.477 e. The highest BCUT2D eigenvalue weighted by molar-refractivity contribution is 5.72. The van der Waals surface area contributed by atoms with Crippen LogP contribution in [-0.2, 0) is 28.6 Å². The Kier molecular flexibility index (Phi) is 38.2. The zero-order valence-electron chi connectivity index (χ0n) is 37.5. The molecule has 0 aliphatic carbocycles. The van der Waals surface area contributed by atoms with E-state index >= 15 is 0 Å². The van der Waals surface area contributed by atoms with E-state index < -0.39 is 18.1 Å². The van der Waals surface area contributed by atoms with Crippen LogP contribution in [0.25, 0.3) is 0 Å². The molecule has 2 atom stereocenters. The second-order valence-corrected chi connectivity index (χ2v) is 16.7. The molecule has 0 rings (SSSR count). The quantitative estimate of drug-likeness (QED) is 0.0284. The van der Waals surface area contributed by atoms with Gasteiger partial charge in [-0.3, -0.25) is 9.59 Å². The zero-order chi connectivity index (χ0) is 42.1. The summed E-state index contributed by atoms with van der Waals surface area (Å²) in [6, 6.07) is -0.617. The Morgan fingerprint density at radius 1 is 0.526 bits per heavy atom. The summed E-state index contributed by atoms with van der Waals surface area (Å²) in [5.41, 5.74) is 0. The monoisotopic (exact) mass is 803 g/mol. The molecule has 0 fully saturated rings. The minimum absolute atomic E-state index is 0.0557. The standard InChI is InChI=1S/C49H87NO7/c1-6-8-10-12-14-16-18-19-20-21-22-23-24-25-26-27-28-30-31-33-35-37-39-47(51)56-44-45(43-55-42-41-46(49(53)54)50(3,4)5)57-48(52)40-38-36-34-32-29-17-15-13-11-9-7-2/h13-16,19-20,22-23,45-46H,6-12,17-18,21,24-44H2,1-5H3/p+1/b15-13+,16-14+,20-19+,23-22+. The van der Waals surface area contributed by atoms with Crippen LogP contribution in [0.15, 0.2) is 48.6 Å². The molecule has 0 amide bonds. The van der Waals surface area contributed by atoms with E-state index in [9.17, 15) is 19.5 Å². The summed E-state index contributed by atoms with van der Waals surface area (Å²) < 4.78 is 17.3. The van der Waals surface area contributed by atoms with E-state index in [-0.39, 0.29) is 36.2 Å². The third kappa shape index (κ3) is 38.6. The molecule has 57 heavy (non-hydrogen) atoms. The van der Waals surface area contributed by atoms with Crippen LogP contribution in [-0.4, -0.2) is 80.6 Å². The highest BCUT2D eigenvalue weighted by Gasteiger charge is 2.31. The molecule has 0 aliphatic rings. The molecule has 8 heteroatoms. The Morgan fingerprint density at radius 3 is 1.44 bits per heavy atom. The maximum atomic E-state index is 12.7. The van der Waals surface area contributed by atoms with Gasteiger partial charge in [0.1, 0.15) is 6.61 Å². The first-order chi connectivity index (χ1) is 27.6. The van der Waals surface area contributed by atoms with Gasteiger partial charge in [-0.1, -0.05) is 152 Å². The van der Waals surface area contributed by atoms with Crippen LogP contribution in [0.4, 0.5) is 0 Å². The van der Waals surface area contributed by atoms with Crippen LogP contribution >= 0.6 is 0 Å². The fourth-order valence-corrected chi connectivity index (χ4v) is 6.55. The number of rotatable bonds is 41. The number of unbranched alkanes of at least 4 members (excludes halogenated alkanes) is 19. The molecule has 0 aromatic heterocycles. The van der Waals surface area contributed by atoms with Crippen molar-refractivity contribution in [3.05, 3.63) is 48.6 Å². The smallest absolute Gasteiger partial charge is 0.362 e. The molecular formula is C49H88NO7+. The third-order valence-electron chi connectivity index (χ3n) is 10.2. The predicted molar refractivity (Wildman–Crippen MR) is 238 cm³/mol. The van der Waals surface area contributed by atoms with E-state index in [2.05, 4.69) is 62.5 Å². The van der Waals surface area contributed by atoms with E-state index in [1.807, 2.05) is 21.1 Å². The molecule has 330 valence electrons. The summed E-state index contributed by atoms with van der Waals surface area (Å²) in [6.45, 7) is 4.66. The summed E-state index contributed by atoms with van der Waals surface area (Å²) in [5.74, 6) is -1.49.